The predicted molar refractivity (Wildman–Crippen MR) is 73.9 cm³/mol. The predicted octanol–water partition coefficient (Wildman–Crippen LogP) is 2.87. The summed E-state index contributed by atoms with van der Waals surface area (Å²) in [5.41, 5.74) is 6.42. The van der Waals surface area contributed by atoms with Gasteiger partial charge in [-0.25, -0.2) is 0 Å². The lowest BCUT2D eigenvalue weighted by Gasteiger charge is -2.46. The van der Waals surface area contributed by atoms with Crippen LogP contribution in [0.25, 0.3) is 0 Å². The number of likely N-dealkylation sites (tertiary alicyclic amines) is 1. The lowest BCUT2D eigenvalue weighted by atomic mass is 9.75. The van der Waals surface area contributed by atoms with Gasteiger partial charge in [-0.1, -0.05) is 27.2 Å². The molecule has 4 atom stereocenters. The molecule has 100 valence electrons. The Kier molecular flexibility index (Phi) is 4.48. The molecule has 1 saturated heterocycles. The Morgan fingerprint density at radius 2 is 1.76 bits per heavy atom. The molecule has 1 aliphatic heterocycles. The van der Waals surface area contributed by atoms with Gasteiger partial charge in [-0.2, -0.15) is 0 Å². The summed E-state index contributed by atoms with van der Waals surface area (Å²) in [4.78, 5) is 2.70. The van der Waals surface area contributed by atoms with Crippen LogP contribution in [0.4, 0.5) is 0 Å². The zero-order chi connectivity index (χ0) is 12.4. The molecule has 0 aromatic rings. The fraction of sp³-hybridized carbons (Fsp3) is 1.00. The van der Waals surface area contributed by atoms with Crippen molar-refractivity contribution in [1.82, 2.24) is 4.90 Å². The van der Waals surface area contributed by atoms with Gasteiger partial charge < -0.3 is 5.73 Å². The summed E-state index contributed by atoms with van der Waals surface area (Å²) in [5.74, 6) is 2.58. The van der Waals surface area contributed by atoms with Gasteiger partial charge in [0, 0.05) is 12.1 Å². The fourth-order valence-corrected chi connectivity index (χ4v) is 4.19. The monoisotopic (exact) mass is 238 g/mol. The standard InChI is InChI=1S/C15H30N2/c1-4-13-5-7-17(8-6-13)15-12(3)9-11(2)10-14(15)16/h11-15H,4-10,16H2,1-3H3. The van der Waals surface area contributed by atoms with Crippen LogP contribution in [0.3, 0.4) is 0 Å². The van der Waals surface area contributed by atoms with Crippen molar-refractivity contribution in [1.29, 1.82) is 0 Å². The minimum atomic E-state index is 0.409. The molecule has 1 aliphatic carbocycles. The maximum Gasteiger partial charge on any atom is 0.0272 e. The molecule has 2 aliphatic rings. The second-order valence-electron chi connectivity index (χ2n) is 6.60. The van der Waals surface area contributed by atoms with E-state index in [1.165, 1.54) is 45.2 Å². The summed E-state index contributed by atoms with van der Waals surface area (Å²) in [6.07, 6.45) is 6.73. The van der Waals surface area contributed by atoms with Gasteiger partial charge >= 0.3 is 0 Å². The van der Waals surface area contributed by atoms with Crippen molar-refractivity contribution in [3.8, 4) is 0 Å². The van der Waals surface area contributed by atoms with Crippen LogP contribution in [-0.4, -0.2) is 30.1 Å². The van der Waals surface area contributed by atoms with Gasteiger partial charge in [-0.15, -0.1) is 0 Å². The van der Waals surface area contributed by atoms with E-state index in [2.05, 4.69) is 25.7 Å². The van der Waals surface area contributed by atoms with E-state index >= 15 is 0 Å². The third kappa shape index (κ3) is 3.03. The first-order chi connectivity index (χ1) is 8.11. The zero-order valence-electron chi connectivity index (χ0n) is 11.9. The molecule has 0 aromatic carbocycles. The number of hydrogen-bond acceptors (Lipinski definition) is 2. The van der Waals surface area contributed by atoms with Crippen LogP contribution < -0.4 is 5.73 Å². The van der Waals surface area contributed by atoms with Crippen LogP contribution in [0.5, 0.6) is 0 Å². The first-order valence-electron chi connectivity index (χ1n) is 7.61. The van der Waals surface area contributed by atoms with E-state index in [0.717, 1.165) is 17.8 Å². The van der Waals surface area contributed by atoms with Crippen molar-refractivity contribution in [2.24, 2.45) is 23.5 Å². The Balaban J connectivity index is 1.93. The van der Waals surface area contributed by atoms with Gasteiger partial charge in [0.2, 0.25) is 0 Å². The normalized spacial score (nSPS) is 41.6. The number of hydrogen-bond donors (Lipinski definition) is 1. The molecule has 0 aromatic heterocycles. The summed E-state index contributed by atoms with van der Waals surface area (Å²) < 4.78 is 0. The highest BCUT2D eigenvalue weighted by Crippen LogP contribution is 2.33. The molecule has 2 nitrogen and oxygen atoms in total. The van der Waals surface area contributed by atoms with Gasteiger partial charge in [0.25, 0.3) is 0 Å². The van der Waals surface area contributed by atoms with Crippen molar-refractivity contribution in [3.63, 3.8) is 0 Å². The molecule has 17 heavy (non-hydrogen) atoms. The van der Waals surface area contributed by atoms with Crippen molar-refractivity contribution >= 4 is 0 Å². The van der Waals surface area contributed by atoms with Crippen molar-refractivity contribution in [2.45, 2.75) is 65.0 Å². The molecule has 2 rings (SSSR count). The molecule has 0 bridgehead atoms. The molecule has 2 heteroatoms. The molecule has 4 unspecified atom stereocenters. The van der Waals surface area contributed by atoms with Crippen molar-refractivity contribution in [3.05, 3.63) is 0 Å². The van der Waals surface area contributed by atoms with Crippen LogP contribution >= 0.6 is 0 Å². The van der Waals surface area contributed by atoms with Crippen LogP contribution in [0.15, 0.2) is 0 Å². The van der Waals surface area contributed by atoms with E-state index in [-0.39, 0.29) is 0 Å². The topological polar surface area (TPSA) is 29.3 Å². The Bertz CT molecular complexity index is 221. The summed E-state index contributed by atoms with van der Waals surface area (Å²) in [6.45, 7) is 9.67. The number of nitrogens with two attached hydrogens (primary N) is 1. The second kappa shape index (κ2) is 5.71. The largest absolute Gasteiger partial charge is 0.326 e. The molecular weight excluding hydrogens is 208 g/mol. The SMILES string of the molecule is CCC1CCN(C2C(C)CC(C)CC2N)CC1. The minimum absolute atomic E-state index is 0.409. The zero-order valence-corrected chi connectivity index (χ0v) is 11.9. The maximum atomic E-state index is 6.42. The molecular formula is C15H30N2. The van der Waals surface area contributed by atoms with Crippen LogP contribution in [0, 0.1) is 17.8 Å². The summed E-state index contributed by atoms with van der Waals surface area (Å²) >= 11 is 0. The molecule has 1 heterocycles. The maximum absolute atomic E-state index is 6.42. The van der Waals surface area contributed by atoms with E-state index in [0.29, 0.717) is 12.1 Å². The van der Waals surface area contributed by atoms with Crippen LogP contribution in [-0.2, 0) is 0 Å². The van der Waals surface area contributed by atoms with Gasteiger partial charge in [0.1, 0.15) is 0 Å². The van der Waals surface area contributed by atoms with E-state index < -0.39 is 0 Å². The van der Waals surface area contributed by atoms with Crippen molar-refractivity contribution in [2.75, 3.05) is 13.1 Å². The van der Waals surface area contributed by atoms with Crippen LogP contribution in [0.1, 0.15) is 52.9 Å². The average molecular weight is 238 g/mol. The molecule has 0 spiro atoms. The molecule has 0 amide bonds. The summed E-state index contributed by atoms with van der Waals surface area (Å²) in [5, 5.41) is 0. The number of piperidine rings is 1. The van der Waals surface area contributed by atoms with E-state index in [1.807, 2.05) is 0 Å². The van der Waals surface area contributed by atoms with E-state index in [1.54, 1.807) is 0 Å². The summed E-state index contributed by atoms with van der Waals surface area (Å²) in [7, 11) is 0. The molecule has 2 fully saturated rings. The minimum Gasteiger partial charge on any atom is -0.326 e. The third-order valence-electron chi connectivity index (χ3n) is 5.12. The molecule has 0 radical (unpaired) electrons. The Morgan fingerprint density at radius 3 is 2.29 bits per heavy atom. The first-order valence-corrected chi connectivity index (χ1v) is 7.61. The van der Waals surface area contributed by atoms with Gasteiger partial charge in [-0.05, 0) is 56.5 Å². The van der Waals surface area contributed by atoms with Crippen LogP contribution in [0.2, 0.25) is 0 Å². The van der Waals surface area contributed by atoms with E-state index in [4.69, 9.17) is 5.73 Å². The highest BCUT2D eigenvalue weighted by Gasteiger charge is 2.36. The number of rotatable bonds is 2. The lowest BCUT2D eigenvalue weighted by Crippen LogP contribution is -2.56. The second-order valence-corrected chi connectivity index (χ2v) is 6.60. The highest BCUT2D eigenvalue weighted by atomic mass is 15.2. The molecule has 1 saturated carbocycles. The Labute approximate surface area is 107 Å². The fourth-order valence-electron chi connectivity index (χ4n) is 4.19. The quantitative estimate of drug-likeness (QED) is 0.801. The van der Waals surface area contributed by atoms with Gasteiger partial charge in [0.05, 0.1) is 0 Å². The van der Waals surface area contributed by atoms with Crippen molar-refractivity contribution < 1.29 is 0 Å². The highest BCUT2D eigenvalue weighted by molar-refractivity contribution is 4.93. The smallest absolute Gasteiger partial charge is 0.0272 e. The lowest BCUT2D eigenvalue weighted by molar-refractivity contribution is 0.0470. The third-order valence-corrected chi connectivity index (χ3v) is 5.12. The first kappa shape index (κ1) is 13.4. The number of nitrogens with zero attached hydrogens (tertiary/aromatic N) is 1. The Hall–Kier alpha value is -0.0800. The molecule has 2 N–H and O–H groups in total. The van der Waals surface area contributed by atoms with Gasteiger partial charge in [-0.3, -0.25) is 4.90 Å². The van der Waals surface area contributed by atoms with Gasteiger partial charge in [0.15, 0.2) is 0 Å². The average Bonchev–Trinajstić information content (AvgIpc) is 2.28. The van der Waals surface area contributed by atoms with E-state index in [9.17, 15) is 0 Å². The summed E-state index contributed by atoms with van der Waals surface area (Å²) in [6, 6.07) is 1.07. The Morgan fingerprint density at radius 1 is 1.12 bits per heavy atom.